The molecule has 1 fully saturated rings. The highest BCUT2D eigenvalue weighted by atomic mass is 19.2. The fraction of sp³-hybridized carbons (Fsp3) is 0.462. The normalized spacial score (nSPS) is 16.0. The Hall–Kier alpha value is -1.69. The van der Waals surface area contributed by atoms with E-state index >= 15 is 0 Å². The van der Waals surface area contributed by atoms with Crippen LogP contribution in [0, 0.1) is 17.6 Å². The van der Waals surface area contributed by atoms with Crippen molar-refractivity contribution in [2.24, 2.45) is 5.92 Å². The summed E-state index contributed by atoms with van der Waals surface area (Å²) in [5.74, 6) is -1.70. The summed E-state index contributed by atoms with van der Waals surface area (Å²) in [7, 11) is 1.54. The van der Waals surface area contributed by atoms with Gasteiger partial charge < -0.3 is 15.3 Å². The van der Waals surface area contributed by atoms with Gasteiger partial charge in [0, 0.05) is 25.3 Å². The van der Waals surface area contributed by atoms with Gasteiger partial charge in [0.05, 0.1) is 6.10 Å². The maximum absolute atomic E-state index is 13.0. The molecule has 1 aromatic carbocycles. The van der Waals surface area contributed by atoms with E-state index in [1.165, 1.54) is 11.0 Å². The fourth-order valence-electron chi connectivity index (χ4n) is 1.79. The van der Waals surface area contributed by atoms with Crippen molar-refractivity contribution in [3.05, 3.63) is 29.8 Å². The van der Waals surface area contributed by atoms with E-state index in [2.05, 4.69) is 5.32 Å². The number of anilines is 1. The van der Waals surface area contributed by atoms with Gasteiger partial charge in [0.2, 0.25) is 0 Å². The summed E-state index contributed by atoms with van der Waals surface area (Å²) in [4.78, 5) is 13.1. The van der Waals surface area contributed by atoms with Crippen molar-refractivity contribution in [1.82, 2.24) is 4.90 Å². The van der Waals surface area contributed by atoms with Gasteiger partial charge in [0.15, 0.2) is 11.6 Å². The van der Waals surface area contributed by atoms with E-state index < -0.39 is 23.8 Å². The molecule has 1 aliphatic carbocycles. The van der Waals surface area contributed by atoms with Crippen molar-refractivity contribution in [3.63, 3.8) is 0 Å². The maximum Gasteiger partial charge on any atom is 0.321 e. The predicted octanol–water partition coefficient (Wildman–Crippen LogP) is 2.20. The van der Waals surface area contributed by atoms with Crippen LogP contribution in [0.1, 0.15) is 12.8 Å². The largest absolute Gasteiger partial charge is 0.391 e. The number of hydrogen-bond acceptors (Lipinski definition) is 2. The van der Waals surface area contributed by atoms with Crippen molar-refractivity contribution in [3.8, 4) is 0 Å². The Balaban J connectivity index is 1.90. The summed E-state index contributed by atoms with van der Waals surface area (Å²) in [5, 5.41) is 12.2. The number of aliphatic hydroxyl groups excluding tert-OH is 1. The lowest BCUT2D eigenvalue weighted by Gasteiger charge is -2.21. The molecule has 1 aliphatic rings. The Morgan fingerprint density at radius 3 is 2.74 bits per heavy atom. The molecule has 19 heavy (non-hydrogen) atoms. The number of carbonyl (C=O) groups is 1. The third-order valence-corrected chi connectivity index (χ3v) is 3.14. The summed E-state index contributed by atoms with van der Waals surface area (Å²) in [6.07, 6.45) is 1.44. The van der Waals surface area contributed by atoms with Gasteiger partial charge in [-0.3, -0.25) is 0 Å². The molecule has 2 rings (SSSR count). The van der Waals surface area contributed by atoms with E-state index in [0.29, 0.717) is 0 Å². The Morgan fingerprint density at radius 2 is 2.16 bits per heavy atom. The topological polar surface area (TPSA) is 52.6 Å². The van der Waals surface area contributed by atoms with E-state index in [1.54, 1.807) is 7.05 Å². The molecule has 0 aromatic heterocycles. The summed E-state index contributed by atoms with van der Waals surface area (Å²) < 4.78 is 25.7. The Morgan fingerprint density at radius 1 is 1.47 bits per heavy atom. The molecule has 2 N–H and O–H groups in total. The smallest absolute Gasteiger partial charge is 0.321 e. The molecule has 1 unspecified atom stereocenters. The second-order valence-electron chi connectivity index (χ2n) is 4.84. The molecule has 0 spiro atoms. The van der Waals surface area contributed by atoms with Crippen LogP contribution in [0.4, 0.5) is 19.3 Å². The van der Waals surface area contributed by atoms with Crippen LogP contribution in [0.3, 0.4) is 0 Å². The average Bonchev–Trinajstić information content (AvgIpc) is 3.17. The van der Waals surface area contributed by atoms with E-state index in [9.17, 15) is 18.7 Å². The van der Waals surface area contributed by atoms with Gasteiger partial charge in [0.25, 0.3) is 0 Å². The Labute approximate surface area is 110 Å². The zero-order valence-corrected chi connectivity index (χ0v) is 10.6. The van der Waals surface area contributed by atoms with Gasteiger partial charge in [-0.25, -0.2) is 13.6 Å². The van der Waals surface area contributed by atoms with Gasteiger partial charge in [0.1, 0.15) is 0 Å². The molecular formula is C13H16F2N2O2. The van der Waals surface area contributed by atoms with Gasteiger partial charge >= 0.3 is 6.03 Å². The summed E-state index contributed by atoms with van der Waals surface area (Å²) in [5.41, 5.74) is 0.177. The van der Waals surface area contributed by atoms with Crippen LogP contribution < -0.4 is 5.32 Å². The van der Waals surface area contributed by atoms with Crippen LogP contribution in [-0.2, 0) is 0 Å². The summed E-state index contributed by atoms with van der Waals surface area (Å²) >= 11 is 0. The monoisotopic (exact) mass is 270 g/mol. The summed E-state index contributed by atoms with van der Waals surface area (Å²) in [6.45, 7) is 0.222. The first-order chi connectivity index (χ1) is 8.97. The van der Waals surface area contributed by atoms with Crippen molar-refractivity contribution in [1.29, 1.82) is 0 Å². The zero-order valence-electron chi connectivity index (χ0n) is 10.6. The number of benzene rings is 1. The zero-order chi connectivity index (χ0) is 14.0. The lowest BCUT2D eigenvalue weighted by Crippen LogP contribution is -2.38. The van der Waals surface area contributed by atoms with Crippen LogP contribution in [0.15, 0.2) is 18.2 Å². The minimum absolute atomic E-state index is 0.177. The van der Waals surface area contributed by atoms with Crippen molar-refractivity contribution >= 4 is 11.7 Å². The molecule has 0 bridgehead atoms. The SMILES string of the molecule is CN(CC(O)C1CC1)C(=O)Nc1ccc(F)c(F)c1. The number of rotatable bonds is 4. The van der Waals surface area contributed by atoms with Crippen molar-refractivity contribution in [2.45, 2.75) is 18.9 Å². The number of urea groups is 1. The Kier molecular flexibility index (Phi) is 3.99. The van der Waals surface area contributed by atoms with Gasteiger partial charge in [-0.15, -0.1) is 0 Å². The van der Waals surface area contributed by atoms with Crippen molar-refractivity contribution < 1.29 is 18.7 Å². The molecule has 0 radical (unpaired) electrons. The first-order valence-electron chi connectivity index (χ1n) is 6.12. The van der Waals surface area contributed by atoms with Crippen molar-refractivity contribution in [2.75, 3.05) is 18.9 Å². The number of nitrogens with zero attached hydrogens (tertiary/aromatic N) is 1. The van der Waals surface area contributed by atoms with Gasteiger partial charge in [-0.05, 0) is 30.9 Å². The number of hydrogen-bond donors (Lipinski definition) is 2. The molecule has 0 aliphatic heterocycles. The predicted molar refractivity (Wildman–Crippen MR) is 66.7 cm³/mol. The van der Waals surface area contributed by atoms with Gasteiger partial charge in [-0.1, -0.05) is 0 Å². The number of halogens is 2. The third kappa shape index (κ3) is 3.64. The molecule has 0 saturated heterocycles. The molecule has 1 aromatic rings. The summed E-state index contributed by atoms with van der Waals surface area (Å²) in [6, 6.07) is 2.68. The number of carbonyl (C=O) groups excluding carboxylic acids is 1. The highest BCUT2D eigenvalue weighted by Crippen LogP contribution is 2.32. The number of nitrogens with one attached hydrogen (secondary N) is 1. The third-order valence-electron chi connectivity index (χ3n) is 3.14. The standard InChI is InChI=1S/C13H16F2N2O2/c1-17(7-12(18)8-2-3-8)13(19)16-9-4-5-10(14)11(15)6-9/h4-6,8,12,18H,2-3,7H2,1H3,(H,16,19). The van der Waals surface area contributed by atoms with Crippen LogP contribution >= 0.6 is 0 Å². The number of aliphatic hydroxyl groups is 1. The Bertz CT molecular complexity index is 478. The van der Waals surface area contributed by atoms with E-state index in [4.69, 9.17) is 0 Å². The fourth-order valence-corrected chi connectivity index (χ4v) is 1.79. The lowest BCUT2D eigenvalue weighted by molar-refractivity contribution is 0.117. The minimum Gasteiger partial charge on any atom is -0.391 e. The second kappa shape index (κ2) is 5.52. The van der Waals surface area contributed by atoms with Gasteiger partial charge in [-0.2, -0.15) is 0 Å². The van der Waals surface area contributed by atoms with E-state index in [0.717, 1.165) is 25.0 Å². The highest BCUT2D eigenvalue weighted by Gasteiger charge is 2.31. The molecule has 104 valence electrons. The molecule has 0 heterocycles. The van der Waals surface area contributed by atoms with Crippen LogP contribution in [-0.4, -0.2) is 35.7 Å². The van der Waals surface area contributed by atoms with Crippen LogP contribution in [0.5, 0.6) is 0 Å². The lowest BCUT2D eigenvalue weighted by atomic mass is 10.2. The minimum atomic E-state index is -1.02. The molecule has 1 atom stereocenters. The number of likely N-dealkylation sites (N-methyl/N-ethyl adjacent to an activating group) is 1. The van der Waals surface area contributed by atoms with E-state index in [1.807, 2.05) is 0 Å². The quantitative estimate of drug-likeness (QED) is 0.881. The first-order valence-corrected chi connectivity index (χ1v) is 6.12. The first kappa shape index (κ1) is 13.7. The van der Waals surface area contributed by atoms with E-state index in [-0.39, 0.29) is 18.2 Å². The maximum atomic E-state index is 13.0. The molecule has 2 amide bonds. The molecule has 6 heteroatoms. The molecule has 1 saturated carbocycles. The average molecular weight is 270 g/mol. The molecule has 4 nitrogen and oxygen atoms in total. The van der Waals surface area contributed by atoms with Crippen LogP contribution in [0.25, 0.3) is 0 Å². The number of amides is 2. The van der Waals surface area contributed by atoms with Crippen LogP contribution in [0.2, 0.25) is 0 Å². The molecular weight excluding hydrogens is 254 g/mol. The highest BCUT2D eigenvalue weighted by molar-refractivity contribution is 5.89. The second-order valence-corrected chi connectivity index (χ2v) is 4.84.